The number of thioether (sulfide) groups is 1. The van der Waals surface area contributed by atoms with Gasteiger partial charge in [-0.1, -0.05) is 57.0 Å². The molecule has 2 N–H and O–H groups in total. The van der Waals surface area contributed by atoms with E-state index in [0.717, 1.165) is 35.1 Å². The molecule has 0 bridgehead atoms. The zero-order valence-electron chi connectivity index (χ0n) is 25.7. The Hall–Kier alpha value is -3.18. The van der Waals surface area contributed by atoms with E-state index in [1.807, 2.05) is 57.2 Å². The van der Waals surface area contributed by atoms with Gasteiger partial charge in [0.1, 0.15) is 11.8 Å². The molecule has 2 heterocycles. The number of anilines is 2. The third kappa shape index (κ3) is 8.06. The Morgan fingerprint density at radius 1 is 1.02 bits per heavy atom. The molecule has 4 rings (SSSR count). The predicted octanol–water partition coefficient (Wildman–Crippen LogP) is 8.23. The molecule has 11 heteroatoms. The molecule has 1 atom stereocenters. The second-order valence-electron chi connectivity index (χ2n) is 10.1. The lowest BCUT2D eigenvalue weighted by molar-refractivity contribution is -0.113. The highest BCUT2D eigenvalue weighted by Gasteiger charge is 2.35. The fourth-order valence-electron chi connectivity index (χ4n) is 4.88. The monoisotopic (exact) mass is 671 g/mol. The van der Waals surface area contributed by atoms with Crippen LogP contribution in [0.25, 0.3) is 0 Å². The van der Waals surface area contributed by atoms with E-state index >= 15 is 0 Å². The number of benzene rings is 2. The van der Waals surface area contributed by atoms with E-state index in [-0.39, 0.29) is 5.91 Å². The van der Waals surface area contributed by atoms with E-state index in [9.17, 15) is 4.79 Å². The second kappa shape index (κ2) is 16.0. The van der Waals surface area contributed by atoms with Gasteiger partial charge in [0.05, 0.1) is 35.6 Å². The fraction of sp³-hybridized carbons (Fsp3) is 0.469. The predicted molar refractivity (Wildman–Crippen MR) is 177 cm³/mol. The average molecular weight is 673 g/mol. The first-order chi connectivity index (χ1) is 20.9. The van der Waals surface area contributed by atoms with Gasteiger partial charge in [0.25, 0.3) is 5.91 Å². The zero-order valence-corrected chi connectivity index (χ0v) is 28.1. The number of para-hydroxylation sites is 2. The van der Waals surface area contributed by atoms with Crippen LogP contribution in [0.5, 0.6) is 17.2 Å². The summed E-state index contributed by atoms with van der Waals surface area (Å²) in [7, 11) is 0. The van der Waals surface area contributed by atoms with Crippen molar-refractivity contribution >= 4 is 45.2 Å². The minimum Gasteiger partial charge on any atom is -0.492 e. The molecule has 0 fully saturated rings. The molecule has 3 aromatic rings. The van der Waals surface area contributed by atoms with E-state index in [1.54, 1.807) is 16.4 Å². The Labute approximate surface area is 267 Å². The zero-order chi connectivity index (χ0) is 30.8. The molecule has 232 valence electrons. The summed E-state index contributed by atoms with van der Waals surface area (Å²) in [5, 5.41) is 11.9. The molecule has 1 aliphatic heterocycles. The number of hydrogen-bond donors (Lipinski definition) is 2. The number of amides is 1. The van der Waals surface area contributed by atoms with Crippen LogP contribution in [-0.4, -0.2) is 46.2 Å². The van der Waals surface area contributed by atoms with Gasteiger partial charge < -0.3 is 24.8 Å². The van der Waals surface area contributed by atoms with Gasteiger partial charge in [0.15, 0.2) is 11.5 Å². The van der Waals surface area contributed by atoms with Gasteiger partial charge in [-0.3, -0.25) is 4.79 Å². The van der Waals surface area contributed by atoms with Crippen LogP contribution in [0, 0.1) is 0 Å². The molecule has 9 nitrogen and oxygen atoms in total. The van der Waals surface area contributed by atoms with E-state index in [2.05, 4.69) is 40.4 Å². The van der Waals surface area contributed by atoms with Crippen molar-refractivity contribution < 1.29 is 19.0 Å². The number of nitrogens with zero attached hydrogens (tertiary/aromatic N) is 3. The average Bonchev–Trinajstić information content (AvgIpc) is 3.39. The van der Waals surface area contributed by atoms with Crippen LogP contribution in [0.4, 0.5) is 11.6 Å². The van der Waals surface area contributed by atoms with Crippen LogP contribution in [0.3, 0.4) is 0 Å². The van der Waals surface area contributed by atoms with Crippen molar-refractivity contribution in [3.05, 3.63) is 57.7 Å². The highest BCUT2D eigenvalue weighted by Crippen LogP contribution is 2.43. The summed E-state index contributed by atoms with van der Waals surface area (Å²) in [5.74, 6) is 3.09. The summed E-state index contributed by atoms with van der Waals surface area (Å²) < 4.78 is 20.6. The number of carbonyl (C=O) groups is 1. The first-order valence-corrected chi connectivity index (χ1v) is 16.9. The standard InChI is InChI=1S/C32H42BrN5O4S/c1-6-10-11-14-17-42-29-23(33)19-22(20-26(29)41-9-4)28-27(30(39)35-24-15-12-13-16-25(24)40-8-3)21(5)34-31-36-32(37-38(28)31)43-18-7-2/h12-13,15-16,19-20,28H,6-11,14,17-18H2,1-5H3,(H,35,39)(H,34,36,37). The smallest absolute Gasteiger partial charge is 0.255 e. The molecule has 0 aliphatic carbocycles. The number of halogens is 1. The van der Waals surface area contributed by atoms with Crippen LogP contribution in [-0.2, 0) is 4.79 Å². The Kier molecular flexibility index (Phi) is 12.2. The highest BCUT2D eigenvalue weighted by atomic mass is 79.9. The van der Waals surface area contributed by atoms with E-state index < -0.39 is 6.04 Å². The van der Waals surface area contributed by atoms with Gasteiger partial charge in [0, 0.05) is 11.4 Å². The van der Waals surface area contributed by atoms with Crippen LogP contribution in [0.2, 0.25) is 0 Å². The lowest BCUT2D eigenvalue weighted by Gasteiger charge is -2.29. The van der Waals surface area contributed by atoms with Gasteiger partial charge >= 0.3 is 0 Å². The second-order valence-corrected chi connectivity index (χ2v) is 12.0. The summed E-state index contributed by atoms with van der Waals surface area (Å²) in [6.07, 6.45) is 5.44. The minimum atomic E-state index is -0.576. The largest absolute Gasteiger partial charge is 0.492 e. The lowest BCUT2D eigenvalue weighted by atomic mass is 9.94. The maximum absolute atomic E-state index is 14.1. The van der Waals surface area contributed by atoms with Crippen LogP contribution >= 0.6 is 27.7 Å². The normalized spacial score (nSPS) is 14.2. The number of fused-ring (bicyclic) bond motifs is 1. The molecule has 43 heavy (non-hydrogen) atoms. The SMILES string of the molecule is CCCCCCOc1c(Br)cc(C2C(C(=O)Nc3ccccc3OCC)=C(C)Nc3nc(SCCC)nn32)cc1OCC. The molecule has 0 radical (unpaired) electrons. The number of allylic oxidation sites excluding steroid dienone is 1. The molecule has 0 saturated carbocycles. The van der Waals surface area contributed by atoms with E-state index in [4.69, 9.17) is 24.3 Å². The summed E-state index contributed by atoms with van der Waals surface area (Å²) in [5.41, 5.74) is 2.61. The van der Waals surface area contributed by atoms with Crippen molar-refractivity contribution in [3.63, 3.8) is 0 Å². The molecular formula is C32H42BrN5O4S. The van der Waals surface area contributed by atoms with Gasteiger partial charge in [-0.25, -0.2) is 4.68 Å². The molecule has 1 aromatic heterocycles. The van der Waals surface area contributed by atoms with Crippen LogP contribution < -0.4 is 24.8 Å². The van der Waals surface area contributed by atoms with Crippen molar-refractivity contribution in [2.24, 2.45) is 0 Å². The topological polar surface area (TPSA) is 99.5 Å². The summed E-state index contributed by atoms with van der Waals surface area (Å²) >= 11 is 5.34. The van der Waals surface area contributed by atoms with Gasteiger partial charge in [-0.15, -0.1) is 5.10 Å². The number of nitrogens with one attached hydrogen (secondary N) is 2. The van der Waals surface area contributed by atoms with Gasteiger partial charge in [-0.05, 0) is 79.4 Å². The maximum atomic E-state index is 14.1. The number of unbranched alkanes of at least 4 members (excludes halogenated alkanes) is 3. The van der Waals surface area contributed by atoms with Gasteiger partial charge in [-0.2, -0.15) is 4.98 Å². The molecule has 1 aliphatic rings. The third-order valence-electron chi connectivity index (χ3n) is 6.84. The maximum Gasteiger partial charge on any atom is 0.255 e. The summed E-state index contributed by atoms with van der Waals surface area (Å²) in [6.45, 7) is 11.6. The van der Waals surface area contributed by atoms with Crippen molar-refractivity contribution in [1.29, 1.82) is 0 Å². The lowest BCUT2D eigenvalue weighted by Crippen LogP contribution is -2.31. The Balaban J connectivity index is 1.76. The first-order valence-electron chi connectivity index (χ1n) is 15.1. The molecule has 2 aromatic carbocycles. The highest BCUT2D eigenvalue weighted by molar-refractivity contribution is 9.10. The Morgan fingerprint density at radius 3 is 2.53 bits per heavy atom. The summed E-state index contributed by atoms with van der Waals surface area (Å²) in [4.78, 5) is 18.8. The number of carbonyl (C=O) groups excluding carboxylic acids is 1. The van der Waals surface area contributed by atoms with Crippen molar-refractivity contribution in [2.75, 3.05) is 36.2 Å². The molecule has 1 unspecified atom stereocenters. The van der Waals surface area contributed by atoms with Crippen LogP contribution in [0.15, 0.2) is 57.3 Å². The van der Waals surface area contributed by atoms with E-state index in [0.29, 0.717) is 65.1 Å². The minimum absolute atomic E-state index is 0.267. The van der Waals surface area contributed by atoms with Crippen molar-refractivity contribution in [3.8, 4) is 17.2 Å². The Morgan fingerprint density at radius 2 is 1.79 bits per heavy atom. The fourth-order valence-corrected chi connectivity index (χ4v) is 6.14. The molecule has 1 amide bonds. The number of hydrogen-bond acceptors (Lipinski definition) is 8. The van der Waals surface area contributed by atoms with Crippen molar-refractivity contribution in [2.45, 2.75) is 77.9 Å². The quantitative estimate of drug-likeness (QED) is 0.116. The van der Waals surface area contributed by atoms with E-state index in [1.165, 1.54) is 12.8 Å². The number of rotatable bonds is 16. The summed E-state index contributed by atoms with van der Waals surface area (Å²) in [6, 6.07) is 10.8. The Bertz CT molecular complexity index is 1430. The number of aromatic nitrogens is 3. The van der Waals surface area contributed by atoms with Gasteiger partial charge in [0.2, 0.25) is 11.1 Å². The van der Waals surface area contributed by atoms with Crippen molar-refractivity contribution in [1.82, 2.24) is 14.8 Å². The van der Waals surface area contributed by atoms with Crippen LogP contribution in [0.1, 0.15) is 78.3 Å². The third-order valence-corrected chi connectivity index (χ3v) is 8.47. The molecular weight excluding hydrogens is 630 g/mol. The number of ether oxygens (including phenoxy) is 3. The first kappa shape index (κ1) is 32.7. The molecule has 0 saturated heterocycles. The molecule has 0 spiro atoms.